The minimum absolute atomic E-state index is 0.0852. The fourth-order valence-electron chi connectivity index (χ4n) is 4.40. The Hall–Kier alpha value is -0.790. The van der Waals surface area contributed by atoms with E-state index >= 15 is 0 Å². The van der Waals surface area contributed by atoms with E-state index in [4.69, 9.17) is 4.74 Å². The van der Waals surface area contributed by atoms with E-state index in [1.807, 2.05) is 6.92 Å². The first-order valence-corrected chi connectivity index (χ1v) is 8.75. The average Bonchev–Trinajstić information content (AvgIpc) is 2.37. The summed E-state index contributed by atoms with van der Waals surface area (Å²) < 4.78 is 5.67. The lowest BCUT2D eigenvalue weighted by molar-refractivity contribution is -0.145. The molecule has 0 spiro atoms. The quantitative estimate of drug-likeness (QED) is 0.523. The first-order valence-electron chi connectivity index (χ1n) is 8.75. The molecule has 0 amide bonds. The van der Waals surface area contributed by atoms with Crippen LogP contribution in [-0.2, 0) is 9.53 Å². The summed E-state index contributed by atoms with van der Waals surface area (Å²) in [6, 6.07) is 0. The summed E-state index contributed by atoms with van der Waals surface area (Å²) in [6.45, 7) is 8.95. The van der Waals surface area contributed by atoms with Gasteiger partial charge in [-0.2, -0.15) is 0 Å². The van der Waals surface area contributed by atoms with Crippen LogP contribution in [0.25, 0.3) is 0 Å². The van der Waals surface area contributed by atoms with E-state index < -0.39 is 0 Å². The number of hydrogen-bond acceptors (Lipinski definition) is 2. The Morgan fingerprint density at radius 3 is 2.43 bits per heavy atom. The van der Waals surface area contributed by atoms with E-state index in [0.29, 0.717) is 11.3 Å². The van der Waals surface area contributed by atoms with Crippen LogP contribution >= 0.6 is 0 Å². The van der Waals surface area contributed by atoms with Crippen LogP contribution < -0.4 is 0 Å². The summed E-state index contributed by atoms with van der Waals surface area (Å²) in [4.78, 5) is 12.2. The van der Waals surface area contributed by atoms with E-state index in [1.165, 1.54) is 38.5 Å². The molecule has 21 heavy (non-hydrogen) atoms. The SMILES string of the molecule is CC(=CC1CC(C)CC(C)(C)C1)C(=O)OC1CCCCC1. The highest BCUT2D eigenvalue weighted by molar-refractivity contribution is 5.87. The molecule has 0 aromatic carbocycles. The van der Waals surface area contributed by atoms with Crippen molar-refractivity contribution in [2.24, 2.45) is 17.3 Å². The predicted molar refractivity (Wildman–Crippen MR) is 87.0 cm³/mol. The van der Waals surface area contributed by atoms with Gasteiger partial charge in [0.05, 0.1) is 0 Å². The van der Waals surface area contributed by atoms with Crippen molar-refractivity contribution in [2.45, 2.75) is 85.2 Å². The van der Waals surface area contributed by atoms with E-state index in [0.717, 1.165) is 24.3 Å². The van der Waals surface area contributed by atoms with Crippen molar-refractivity contribution < 1.29 is 9.53 Å². The highest BCUT2D eigenvalue weighted by Crippen LogP contribution is 2.42. The van der Waals surface area contributed by atoms with Gasteiger partial charge in [-0.1, -0.05) is 33.3 Å². The molecular formula is C19H32O2. The van der Waals surface area contributed by atoms with E-state index in [2.05, 4.69) is 26.8 Å². The smallest absolute Gasteiger partial charge is 0.333 e. The van der Waals surface area contributed by atoms with Gasteiger partial charge in [0.15, 0.2) is 0 Å². The molecule has 2 atom stereocenters. The van der Waals surface area contributed by atoms with Crippen molar-refractivity contribution >= 4 is 5.97 Å². The van der Waals surface area contributed by atoms with Gasteiger partial charge in [0.25, 0.3) is 0 Å². The molecule has 0 radical (unpaired) electrons. The molecule has 120 valence electrons. The molecule has 0 N–H and O–H groups in total. The zero-order valence-corrected chi connectivity index (χ0v) is 14.3. The number of ether oxygens (including phenoxy) is 1. The van der Waals surface area contributed by atoms with Crippen LogP contribution in [0.5, 0.6) is 0 Å². The van der Waals surface area contributed by atoms with Crippen LogP contribution in [0.1, 0.15) is 79.1 Å². The molecule has 2 saturated carbocycles. The number of allylic oxidation sites excluding steroid dienone is 1. The maximum absolute atomic E-state index is 12.2. The minimum Gasteiger partial charge on any atom is -0.459 e. The zero-order valence-electron chi connectivity index (χ0n) is 14.3. The number of hydrogen-bond donors (Lipinski definition) is 0. The van der Waals surface area contributed by atoms with Crippen molar-refractivity contribution in [2.75, 3.05) is 0 Å². The number of carbonyl (C=O) groups excluding carboxylic acids is 1. The highest BCUT2D eigenvalue weighted by Gasteiger charge is 2.31. The fraction of sp³-hybridized carbons (Fsp3) is 0.842. The molecule has 0 aromatic rings. The Kier molecular flexibility index (Phi) is 5.51. The van der Waals surface area contributed by atoms with Gasteiger partial charge in [0.2, 0.25) is 0 Å². The summed E-state index contributed by atoms with van der Waals surface area (Å²) >= 11 is 0. The number of carbonyl (C=O) groups is 1. The van der Waals surface area contributed by atoms with Crippen molar-refractivity contribution in [1.29, 1.82) is 0 Å². The van der Waals surface area contributed by atoms with Crippen LogP contribution in [-0.4, -0.2) is 12.1 Å². The van der Waals surface area contributed by atoms with Gasteiger partial charge in [-0.15, -0.1) is 0 Å². The third kappa shape index (κ3) is 5.16. The fourth-order valence-corrected chi connectivity index (χ4v) is 4.40. The zero-order chi connectivity index (χ0) is 15.5. The van der Waals surface area contributed by atoms with Crippen molar-refractivity contribution in [3.8, 4) is 0 Å². The molecule has 0 aromatic heterocycles. The second-order valence-electron chi connectivity index (χ2n) is 8.19. The minimum atomic E-state index is -0.0852. The molecule has 0 saturated heterocycles. The molecule has 0 heterocycles. The lowest BCUT2D eigenvalue weighted by Gasteiger charge is -2.38. The van der Waals surface area contributed by atoms with Gasteiger partial charge < -0.3 is 4.74 Å². The molecule has 2 aliphatic carbocycles. The van der Waals surface area contributed by atoms with Crippen molar-refractivity contribution in [3.63, 3.8) is 0 Å². The lowest BCUT2D eigenvalue weighted by Crippen LogP contribution is -2.27. The molecule has 0 bridgehead atoms. The van der Waals surface area contributed by atoms with Gasteiger partial charge in [0.1, 0.15) is 6.10 Å². The summed E-state index contributed by atoms with van der Waals surface area (Å²) in [5.74, 6) is 1.19. The van der Waals surface area contributed by atoms with Crippen LogP contribution in [0.2, 0.25) is 0 Å². The standard InChI is InChI=1S/C19H32O2/c1-14-10-16(13-19(3,4)12-14)11-15(2)18(20)21-17-8-6-5-7-9-17/h11,14,16-17H,5-10,12-13H2,1-4H3. The topological polar surface area (TPSA) is 26.3 Å². The second kappa shape index (κ2) is 6.98. The molecule has 2 nitrogen and oxygen atoms in total. The maximum Gasteiger partial charge on any atom is 0.333 e. The van der Waals surface area contributed by atoms with E-state index in [-0.39, 0.29) is 12.1 Å². The van der Waals surface area contributed by atoms with Gasteiger partial charge in [-0.3, -0.25) is 0 Å². The summed E-state index contributed by atoms with van der Waals surface area (Å²) in [7, 11) is 0. The highest BCUT2D eigenvalue weighted by atomic mass is 16.5. The average molecular weight is 292 g/mol. The Morgan fingerprint density at radius 1 is 1.14 bits per heavy atom. The molecule has 0 aliphatic heterocycles. The van der Waals surface area contributed by atoms with Crippen LogP contribution in [0, 0.1) is 17.3 Å². The third-order valence-electron chi connectivity index (χ3n) is 5.05. The summed E-state index contributed by atoms with van der Waals surface area (Å²) in [6.07, 6.45) is 11.8. The first kappa shape index (κ1) is 16.6. The van der Waals surface area contributed by atoms with Crippen molar-refractivity contribution in [1.82, 2.24) is 0 Å². The summed E-state index contributed by atoms with van der Waals surface area (Å²) in [5.41, 5.74) is 1.21. The molecule has 2 heteroatoms. The maximum atomic E-state index is 12.2. The Labute approximate surface area is 130 Å². The Bertz CT molecular complexity index is 388. The lowest BCUT2D eigenvalue weighted by atomic mass is 9.68. The normalized spacial score (nSPS) is 31.0. The molecular weight excluding hydrogens is 260 g/mol. The largest absolute Gasteiger partial charge is 0.459 e. The molecule has 2 fully saturated rings. The summed E-state index contributed by atoms with van der Waals surface area (Å²) in [5, 5.41) is 0. The third-order valence-corrected chi connectivity index (χ3v) is 5.05. The number of rotatable bonds is 3. The van der Waals surface area contributed by atoms with Gasteiger partial charge in [0, 0.05) is 5.57 Å². The number of esters is 1. The second-order valence-corrected chi connectivity index (χ2v) is 8.19. The van der Waals surface area contributed by atoms with E-state index in [1.54, 1.807) is 0 Å². The van der Waals surface area contributed by atoms with Gasteiger partial charge in [-0.25, -0.2) is 4.79 Å². The predicted octanol–water partition coefficient (Wildman–Crippen LogP) is 5.27. The van der Waals surface area contributed by atoms with Crippen LogP contribution in [0.15, 0.2) is 11.6 Å². The Morgan fingerprint density at radius 2 is 1.81 bits per heavy atom. The van der Waals surface area contributed by atoms with E-state index in [9.17, 15) is 4.79 Å². The van der Waals surface area contributed by atoms with Gasteiger partial charge in [-0.05, 0) is 69.1 Å². The first-order chi connectivity index (χ1) is 9.85. The van der Waals surface area contributed by atoms with Crippen LogP contribution in [0.4, 0.5) is 0 Å². The molecule has 2 aliphatic rings. The van der Waals surface area contributed by atoms with Gasteiger partial charge >= 0.3 is 5.97 Å². The molecule has 2 rings (SSSR count). The van der Waals surface area contributed by atoms with Crippen LogP contribution in [0.3, 0.4) is 0 Å². The van der Waals surface area contributed by atoms with Crippen molar-refractivity contribution in [3.05, 3.63) is 11.6 Å². The monoisotopic (exact) mass is 292 g/mol. The Balaban J connectivity index is 1.91. The molecule has 2 unspecified atom stereocenters.